The molecule has 0 saturated heterocycles. The normalized spacial score (nSPS) is 9.78. The van der Waals surface area contributed by atoms with Crippen LogP contribution in [0.3, 0.4) is 0 Å². The van der Waals surface area contributed by atoms with Crippen molar-refractivity contribution in [1.29, 1.82) is 0 Å². The van der Waals surface area contributed by atoms with Crippen LogP contribution in [0.5, 0.6) is 0 Å². The van der Waals surface area contributed by atoms with Gasteiger partial charge in [0.1, 0.15) is 7.11 Å². The molecule has 0 aliphatic rings. The first kappa shape index (κ1) is 8.47. The van der Waals surface area contributed by atoms with Gasteiger partial charge in [0, 0.05) is 0 Å². The number of rotatable bonds is 3. The lowest BCUT2D eigenvalue weighted by atomic mass is 10.0. The van der Waals surface area contributed by atoms with Crippen molar-refractivity contribution in [3.8, 4) is 0 Å². The van der Waals surface area contributed by atoms with Crippen LogP contribution in [0, 0.1) is 13.0 Å². The van der Waals surface area contributed by atoms with Gasteiger partial charge in [-0.05, 0) is 12.8 Å². The number of carbonyl (C=O) groups is 1. The standard InChI is InChI=1S/C7H13O2/c1-4-6(5-2)7(8)9-3/h6H,3-5H2,1-2H3. The van der Waals surface area contributed by atoms with Crippen LogP contribution in [0.15, 0.2) is 0 Å². The van der Waals surface area contributed by atoms with E-state index < -0.39 is 0 Å². The van der Waals surface area contributed by atoms with Crippen molar-refractivity contribution in [3.63, 3.8) is 0 Å². The van der Waals surface area contributed by atoms with E-state index >= 15 is 0 Å². The van der Waals surface area contributed by atoms with E-state index in [1.165, 1.54) is 0 Å². The molecule has 0 aliphatic heterocycles. The SMILES string of the molecule is [CH2]OC(=O)C(CC)CC. The molecule has 0 amide bonds. The number of hydrogen-bond acceptors (Lipinski definition) is 2. The fraction of sp³-hybridized carbons (Fsp3) is 0.714. The van der Waals surface area contributed by atoms with E-state index in [1.807, 2.05) is 13.8 Å². The van der Waals surface area contributed by atoms with Crippen LogP contribution in [0.2, 0.25) is 0 Å². The summed E-state index contributed by atoms with van der Waals surface area (Å²) in [6.07, 6.45) is 1.68. The van der Waals surface area contributed by atoms with E-state index in [4.69, 9.17) is 0 Å². The highest BCUT2D eigenvalue weighted by atomic mass is 16.5. The first-order chi connectivity index (χ1) is 4.26. The summed E-state index contributed by atoms with van der Waals surface area (Å²) in [5.41, 5.74) is 0. The highest BCUT2D eigenvalue weighted by Crippen LogP contribution is 2.08. The third-order valence-electron chi connectivity index (χ3n) is 1.46. The summed E-state index contributed by atoms with van der Waals surface area (Å²) >= 11 is 0. The van der Waals surface area contributed by atoms with Gasteiger partial charge in [-0.1, -0.05) is 13.8 Å². The molecule has 0 N–H and O–H groups in total. The average Bonchev–Trinajstić information content (AvgIpc) is 1.90. The second-order valence-corrected chi connectivity index (χ2v) is 1.98. The number of carbonyl (C=O) groups excluding carboxylic acids is 1. The molecule has 9 heavy (non-hydrogen) atoms. The first-order valence-electron chi connectivity index (χ1n) is 3.22. The molecular formula is C7H13O2. The van der Waals surface area contributed by atoms with Crippen LogP contribution in [0.4, 0.5) is 0 Å². The average molecular weight is 129 g/mol. The Morgan fingerprint density at radius 1 is 1.56 bits per heavy atom. The molecule has 0 aromatic heterocycles. The number of ether oxygens (including phenoxy) is 1. The minimum atomic E-state index is -0.194. The summed E-state index contributed by atoms with van der Waals surface area (Å²) in [6, 6.07) is 0. The largest absolute Gasteiger partial charge is 0.462 e. The van der Waals surface area contributed by atoms with Crippen molar-refractivity contribution in [2.24, 2.45) is 5.92 Å². The molecule has 0 unspecified atom stereocenters. The smallest absolute Gasteiger partial charge is 0.309 e. The molecule has 0 aromatic rings. The summed E-state index contributed by atoms with van der Waals surface area (Å²) in [6.45, 7) is 3.93. The lowest BCUT2D eigenvalue weighted by Crippen LogP contribution is -2.12. The van der Waals surface area contributed by atoms with Crippen LogP contribution in [-0.4, -0.2) is 5.97 Å². The van der Waals surface area contributed by atoms with Gasteiger partial charge in [-0.15, -0.1) is 0 Å². The third kappa shape index (κ3) is 2.49. The van der Waals surface area contributed by atoms with E-state index in [0.717, 1.165) is 12.8 Å². The fourth-order valence-electron chi connectivity index (χ4n) is 0.740. The molecule has 0 spiro atoms. The van der Waals surface area contributed by atoms with E-state index in [9.17, 15) is 4.79 Å². The second kappa shape index (κ2) is 4.36. The Hall–Kier alpha value is -0.530. The van der Waals surface area contributed by atoms with Crippen molar-refractivity contribution in [2.45, 2.75) is 26.7 Å². The summed E-state index contributed by atoms with van der Waals surface area (Å²) in [4.78, 5) is 10.7. The van der Waals surface area contributed by atoms with Gasteiger partial charge in [0.15, 0.2) is 0 Å². The van der Waals surface area contributed by atoms with E-state index in [0.29, 0.717) is 0 Å². The molecule has 0 aliphatic carbocycles. The second-order valence-electron chi connectivity index (χ2n) is 1.98. The van der Waals surface area contributed by atoms with Crippen molar-refractivity contribution < 1.29 is 9.53 Å². The molecule has 0 fully saturated rings. The van der Waals surface area contributed by atoms with Crippen molar-refractivity contribution >= 4 is 5.97 Å². The lowest BCUT2D eigenvalue weighted by molar-refractivity contribution is -0.143. The maximum atomic E-state index is 10.7. The Morgan fingerprint density at radius 2 is 2.00 bits per heavy atom. The van der Waals surface area contributed by atoms with Gasteiger partial charge < -0.3 is 4.74 Å². The summed E-state index contributed by atoms with van der Waals surface area (Å²) in [7, 11) is 3.05. The quantitative estimate of drug-likeness (QED) is 0.543. The Labute approximate surface area is 56.2 Å². The van der Waals surface area contributed by atoms with E-state index in [2.05, 4.69) is 11.8 Å². The predicted octanol–water partition coefficient (Wildman–Crippen LogP) is 1.76. The molecular weight excluding hydrogens is 116 g/mol. The molecule has 2 nitrogen and oxygen atoms in total. The minimum absolute atomic E-state index is 0.0440. The van der Waals surface area contributed by atoms with Crippen LogP contribution >= 0.6 is 0 Å². The Morgan fingerprint density at radius 3 is 2.11 bits per heavy atom. The molecule has 0 bridgehead atoms. The molecule has 2 heteroatoms. The Kier molecular flexibility index (Phi) is 4.10. The monoisotopic (exact) mass is 129 g/mol. The zero-order valence-corrected chi connectivity index (χ0v) is 6.02. The summed E-state index contributed by atoms with van der Waals surface area (Å²) < 4.78 is 4.31. The number of hydrogen-bond donors (Lipinski definition) is 0. The molecule has 0 aromatic carbocycles. The van der Waals surface area contributed by atoms with Crippen molar-refractivity contribution in [2.75, 3.05) is 0 Å². The van der Waals surface area contributed by atoms with E-state index in [-0.39, 0.29) is 11.9 Å². The van der Waals surface area contributed by atoms with Crippen molar-refractivity contribution in [3.05, 3.63) is 7.11 Å². The van der Waals surface area contributed by atoms with Gasteiger partial charge in [0.05, 0.1) is 5.92 Å². The molecule has 1 radical (unpaired) electrons. The van der Waals surface area contributed by atoms with E-state index in [1.54, 1.807) is 0 Å². The summed E-state index contributed by atoms with van der Waals surface area (Å²) in [5, 5.41) is 0. The minimum Gasteiger partial charge on any atom is -0.462 e. The van der Waals surface area contributed by atoms with Crippen LogP contribution < -0.4 is 0 Å². The number of esters is 1. The van der Waals surface area contributed by atoms with Gasteiger partial charge >= 0.3 is 5.97 Å². The maximum absolute atomic E-state index is 10.7. The zero-order valence-electron chi connectivity index (χ0n) is 6.02. The molecule has 0 saturated carbocycles. The first-order valence-corrected chi connectivity index (χ1v) is 3.22. The van der Waals surface area contributed by atoms with Gasteiger partial charge in [0.25, 0.3) is 0 Å². The fourth-order valence-corrected chi connectivity index (χ4v) is 0.740. The van der Waals surface area contributed by atoms with Gasteiger partial charge in [0.2, 0.25) is 0 Å². The van der Waals surface area contributed by atoms with Crippen molar-refractivity contribution in [1.82, 2.24) is 0 Å². The molecule has 0 heterocycles. The Balaban J connectivity index is 3.64. The molecule has 53 valence electrons. The van der Waals surface area contributed by atoms with Crippen LogP contribution in [0.1, 0.15) is 26.7 Å². The molecule has 0 rings (SSSR count). The Bertz CT molecular complexity index is 84.9. The molecule has 0 atom stereocenters. The highest BCUT2D eigenvalue weighted by molar-refractivity contribution is 5.72. The van der Waals surface area contributed by atoms with Gasteiger partial charge in [-0.2, -0.15) is 0 Å². The lowest BCUT2D eigenvalue weighted by Gasteiger charge is -2.07. The van der Waals surface area contributed by atoms with Crippen LogP contribution in [-0.2, 0) is 9.53 Å². The maximum Gasteiger partial charge on any atom is 0.309 e. The summed E-state index contributed by atoms with van der Waals surface area (Å²) in [5.74, 6) is -0.150. The van der Waals surface area contributed by atoms with Crippen LogP contribution in [0.25, 0.3) is 0 Å². The van der Waals surface area contributed by atoms with Gasteiger partial charge in [-0.3, -0.25) is 4.79 Å². The van der Waals surface area contributed by atoms with Gasteiger partial charge in [-0.25, -0.2) is 0 Å². The highest BCUT2D eigenvalue weighted by Gasteiger charge is 2.12. The predicted molar refractivity (Wildman–Crippen MR) is 35.5 cm³/mol. The topological polar surface area (TPSA) is 26.3 Å². The zero-order chi connectivity index (χ0) is 7.28. The third-order valence-corrected chi connectivity index (χ3v) is 1.46.